The fraction of sp³-hybridized carbons (Fsp3) is 0.571. The van der Waals surface area contributed by atoms with Crippen LogP contribution >= 0.6 is 0 Å². The van der Waals surface area contributed by atoms with Crippen molar-refractivity contribution < 1.29 is 9.90 Å². The molecule has 0 saturated heterocycles. The van der Waals surface area contributed by atoms with Crippen molar-refractivity contribution in [3.63, 3.8) is 0 Å². The number of rotatable bonds is 3. The van der Waals surface area contributed by atoms with Crippen molar-refractivity contribution in [2.45, 2.75) is 32.2 Å². The molecule has 1 amide bonds. The topological polar surface area (TPSA) is 70.4 Å². The molecule has 1 aliphatic heterocycles. The Bertz CT molecular complexity index is 523. The van der Waals surface area contributed by atoms with E-state index in [-0.39, 0.29) is 5.92 Å². The van der Waals surface area contributed by atoms with E-state index >= 15 is 0 Å². The molecule has 0 aromatic carbocycles. The molecular weight excluding hydrogens is 256 g/mol. The molecular formula is C14H20N4O2. The predicted molar refractivity (Wildman–Crippen MR) is 75.6 cm³/mol. The Labute approximate surface area is 118 Å². The maximum Gasteiger partial charge on any atom is 0.404 e. The maximum absolute atomic E-state index is 10.7. The van der Waals surface area contributed by atoms with Gasteiger partial charge in [0.15, 0.2) is 0 Å². The number of hydrogen-bond acceptors (Lipinski definition) is 3. The van der Waals surface area contributed by atoms with Gasteiger partial charge in [-0.15, -0.1) is 0 Å². The summed E-state index contributed by atoms with van der Waals surface area (Å²) >= 11 is 0. The monoisotopic (exact) mass is 276 g/mol. The summed E-state index contributed by atoms with van der Waals surface area (Å²) in [5.74, 6) is 1.38. The lowest BCUT2D eigenvalue weighted by atomic mass is 10.0. The van der Waals surface area contributed by atoms with E-state index in [1.807, 2.05) is 16.9 Å². The standard InChI is InChI=1S/C14H20N4O2/c19-14(20)15-8-11-9-17(12-4-2-1-3-5-12)13-6-7-16-18(13)10-11/h4,6-7,11,15H,1-3,5,8-10H2,(H,19,20). The first-order valence-electron chi connectivity index (χ1n) is 7.19. The Morgan fingerprint density at radius 1 is 1.45 bits per heavy atom. The summed E-state index contributed by atoms with van der Waals surface area (Å²) in [7, 11) is 0. The van der Waals surface area contributed by atoms with Crippen LogP contribution in [0.3, 0.4) is 0 Å². The van der Waals surface area contributed by atoms with Gasteiger partial charge < -0.3 is 15.3 Å². The Morgan fingerprint density at radius 2 is 2.35 bits per heavy atom. The Morgan fingerprint density at radius 3 is 3.10 bits per heavy atom. The molecule has 6 heteroatoms. The van der Waals surface area contributed by atoms with Gasteiger partial charge in [-0.1, -0.05) is 6.08 Å². The molecule has 0 radical (unpaired) electrons. The molecule has 0 spiro atoms. The average molecular weight is 276 g/mol. The summed E-state index contributed by atoms with van der Waals surface area (Å²) in [6.45, 7) is 2.10. The maximum atomic E-state index is 10.7. The van der Waals surface area contributed by atoms with E-state index in [0.29, 0.717) is 6.54 Å². The number of aromatic nitrogens is 2. The second-order valence-corrected chi connectivity index (χ2v) is 5.48. The second kappa shape index (κ2) is 5.56. The van der Waals surface area contributed by atoms with Crippen molar-refractivity contribution in [2.75, 3.05) is 18.0 Å². The molecule has 2 N–H and O–H groups in total. The average Bonchev–Trinajstić information content (AvgIpc) is 2.93. The van der Waals surface area contributed by atoms with Crippen molar-refractivity contribution in [1.82, 2.24) is 15.1 Å². The van der Waals surface area contributed by atoms with Gasteiger partial charge in [0.2, 0.25) is 0 Å². The highest BCUT2D eigenvalue weighted by atomic mass is 16.4. The zero-order chi connectivity index (χ0) is 13.9. The molecule has 108 valence electrons. The molecule has 1 aliphatic carbocycles. The van der Waals surface area contributed by atoms with Gasteiger partial charge in [0.05, 0.1) is 6.20 Å². The van der Waals surface area contributed by atoms with E-state index in [4.69, 9.17) is 5.11 Å². The number of carbonyl (C=O) groups is 1. The summed E-state index contributed by atoms with van der Waals surface area (Å²) < 4.78 is 1.98. The summed E-state index contributed by atoms with van der Waals surface area (Å²) in [5, 5.41) is 15.6. The van der Waals surface area contributed by atoms with Crippen LogP contribution < -0.4 is 10.2 Å². The summed E-state index contributed by atoms with van der Waals surface area (Å²) in [4.78, 5) is 13.0. The second-order valence-electron chi connectivity index (χ2n) is 5.48. The molecule has 2 aliphatic rings. The molecule has 20 heavy (non-hydrogen) atoms. The van der Waals surface area contributed by atoms with Gasteiger partial charge in [0, 0.05) is 37.3 Å². The number of anilines is 1. The fourth-order valence-corrected chi connectivity index (χ4v) is 3.04. The number of nitrogens with zero attached hydrogens (tertiary/aromatic N) is 3. The minimum atomic E-state index is -0.959. The zero-order valence-corrected chi connectivity index (χ0v) is 11.5. The summed E-state index contributed by atoms with van der Waals surface area (Å²) in [6.07, 6.45) is 7.91. The molecule has 1 unspecified atom stereocenters. The molecule has 0 bridgehead atoms. The van der Waals surface area contributed by atoms with Gasteiger partial charge >= 0.3 is 6.09 Å². The Balaban J connectivity index is 1.78. The van der Waals surface area contributed by atoms with E-state index in [1.165, 1.54) is 18.5 Å². The van der Waals surface area contributed by atoms with E-state index in [0.717, 1.165) is 31.7 Å². The van der Waals surface area contributed by atoms with Crippen molar-refractivity contribution in [2.24, 2.45) is 5.92 Å². The Hall–Kier alpha value is -1.98. The number of carboxylic acid groups (broad SMARTS) is 1. The van der Waals surface area contributed by atoms with Crippen molar-refractivity contribution in [3.05, 3.63) is 24.0 Å². The molecule has 2 heterocycles. The number of nitrogens with one attached hydrogen (secondary N) is 1. The molecule has 6 nitrogen and oxygen atoms in total. The lowest BCUT2D eigenvalue weighted by molar-refractivity contribution is 0.191. The van der Waals surface area contributed by atoms with Crippen LogP contribution in [0.1, 0.15) is 25.7 Å². The smallest absolute Gasteiger partial charge is 0.404 e. The minimum Gasteiger partial charge on any atom is -0.465 e. The van der Waals surface area contributed by atoms with E-state index < -0.39 is 6.09 Å². The summed E-state index contributed by atoms with van der Waals surface area (Å²) in [5.41, 5.74) is 1.36. The highest BCUT2D eigenvalue weighted by Crippen LogP contribution is 2.30. The zero-order valence-electron chi connectivity index (χ0n) is 11.5. The van der Waals surface area contributed by atoms with Gasteiger partial charge in [-0.05, 0) is 25.7 Å². The van der Waals surface area contributed by atoms with Crippen LogP contribution in [0.25, 0.3) is 0 Å². The van der Waals surface area contributed by atoms with Gasteiger partial charge in [-0.25, -0.2) is 9.48 Å². The van der Waals surface area contributed by atoms with Crippen LogP contribution in [0.4, 0.5) is 10.6 Å². The van der Waals surface area contributed by atoms with Crippen molar-refractivity contribution >= 4 is 11.9 Å². The van der Waals surface area contributed by atoms with Crippen LogP contribution in [0.2, 0.25) is 0 Å². The van der Waals surface area contributed by atoms with Crippen LogP contribution in [0, 0.1) is 5.92 Å². The molecule has 0 fully saturated rings. The molecule has 1 atom stereocenters. The predicted octanol–water partition coefficient (Wildman–Crippen LogP) is 2.04. The van der Waals surface area contributed by atoms with Gasteiger partial charge in [0.1, 0.15) is 5.82 Å². The van der Waals surface area contributed by atoms with E-state index in [2.05, 4.69) is 21.4 Å². The van der Waals surface area contributed by atoms with Crippen LogP contribution in [0.15, 0.2) is 24.0 Å². The number of amides is 1. The third-order valence-electron chi connectivity index (χ3n) is 4.00. The Kier molecular flexibility index (Phi) is 3.62. The highest BCUT2D eigenvalue weighted by molar-refractivity contribution is 5.64. The third-order valence-corrected chi connectivity index (χ3v) is 4.00. The van der Waals surface area contributed by atoms with E-state index in [1.54, 1.807) is 0 Å². The number of allylic oxidation sites excluding steroid dienone is 2. The quantitative estimate of drug-likeness (QED) is 0.886. The van der Waals surface area contributed by atoms with Crippen LogP contribution in [-0.4, -0.2) is 34.1 Å². The fourth-order valence-electron chi connectivity index (χ4n) is 3.04. The van der Waals surface area contributed by atoms with Gasteiger partial charge in [0.25, 0.3) is 0 Å². The van der Waals surface area contributed by atoms with Gasteiger partial charge in [-0.3, -0.25) is 0 Å². The molecule has 1 aromatic rings. The van der Waals surface area contributed by atoms with Crippen LogP contribution in [-0.2, 0) is 6.54 Å². The SMILES string of the molecule is O=C(O)NCC1CN(C2=CCCCC2)c2ccnn2C1. The molecule has 0 saturated carbocycles. The summed E-state index contributed by atoms with van der Waals surface area (Å²) in [6, 6.07) is 2.04. The normalized spacial score (nSPS) is 22.1. The first-order chi connectivity index (χ1) is 9.74. The van der Waals surface area contributed by atoms with Crippen LogP contribution in [0.5, 0.6) is 0 Å². The lowest BCUT2D eigenvalue weighted by Gasteiger charge is -2.37. The third kappa shape index (κ3) is 2.64. The van der Waals surface area contributed by atoms with Crippen molar-refractivity contribution in [3.8, 4) is 0 Å². The van der Waals surface area contributed by atoms with Gasteiger partial charge in [-0.2, -0.15) is 5.10 Å². The first kappa shape index (κ1) is 13.0. The lowest BCUT2D eigenvalue weighted by Crippen LogP contribution is -2.43. The largest absolute Gasteiger partial charge is 0.465 e. The minimum absolute atomic E-state index is 0.251. The van der Waals surface area contributed by atoms with E-state index in [9.17, 15) is 4.79 Å². The van der Waals surface area contributed by atoms with Crippen molar-refractivity contribution in [1.29, 1.82) is 0 Å². The first-order valence-corrected chi connectivity index (χ1v) is 7.19. The molecule has 1 aromatic heterocycles. The number of hydrogen-bond donors (Lipinski definition) is 2. The molecule has 3 rings (SSSR count). The number of fused-ring (bicyclic) bond motifs is 1. The highest BCUT2D eigenvalue weighted by Gasteiger charge is 2.27.